The number of rotatable bonds is 8. The molecule has 8 heteroatoms. The Morgan fingerprint density at radius 3 is 2.21 bits per heavy atom. The number of alkyl halides is 3. The monoisotopic (exact) mass is 459 g/mol. The highest BCUT2D eigenvalue weighted by molar-refractivity contribution is 6.06. The molecule has 1 amide bonds. The Hall–Kier alpha value is -3.52. The van der Waals surface area contributed by atoms with Gasteiger partial charge >= 0.3 is 6.36 Å². The molecule has 1 unspecified atom stereocenters. The molecule has 5 nitrogen and oxygen atoms in total. The molecule has 0 spiro atoms. The van der Waals surface area contributed by atoms with Crippen LogP contribution in [0.2, 0.25) is 0 Å². The van der Waals surface area contributed by atoms with Gasteiger partial charge in [-0.15, -0.1) is 13.2 Å². The fraction of sp³-hybridized carbons (Fsp3) is 0.240. The predicted octanol–water partition coefficient (Wildman–Crippen LogP) is 6.23. The van der Waals surface area contributed by atoms with Crippen molar-refractivity contribution in [1.29, 1.82) is 0 Å². The maximum absolute atomic E-state index is 12.9. The van der Waals surface area contributed by atoms with E-state index in [4.69, 9.17) is 9.47 Å². The van der Waals surface area contributed by atoms with Crippen molar-refractivity contribution >= 4 is 11.6 Å². The number of hydrogen-bond donors (Lipinski definition) is 1. The predicted molar refractivity (Wildman–Crippen MR) is 120 cm³/mol. The molecule has 0 heterocycles. The minimum Gasteiger partial charge on any atom is -0.488 e. The normalized spacial score (nSPS) is 12.2. The van der Waals surface area contributed by atoms with Crippen molar-refractivity contribution < 1.29 is 32.2 Å². The van der Waals surface area contributed by atoms with Crippen LogP contribution in [0, 0.1) is 6.92 Å². The molecule has 33 heavy (non-hydrogen) atoms. The highest BCUT2D eigenvalue weighted by Gasteiger charge is 2.31. The van der Waals surface area contributed by atoms with Crippen LogP contribution < -0.4 is 14.8 Å². The van der Waals surface area contributed by atoms with Gasteiger partial charge in [-0.1, -0.05) is 24.3 Å². The van der Waals surface area contributed by atoms with Crippen molar-refractivity contribution in [2.75, 3.05) is 19.0 Å². The van der Waals surface area contributed by atoms with E-state index in [1.54, 1.807) is 56.5 Å². The molecule has 0 aromatic heterocycles. The molecule has 1 N–H and O–H groups in total. The molecule has 0 radical (unpaired) electrons. The summed E-state index contributed by atoms with van der Waals surface area (Å²) in [6.07, 6.45) is -4.85. The maximum atomic E-state index is 12.9. The van der Waals surface area contributed by atoms with Crippen LogP contribution in [-0.2, 0) is 4.74 Å². The third-order valence-corrected chi connectivity index (χ3v) is 4.83. The number of anilines is 1. The lowest BCUT2D eigenvalue weighted by Gasteiger charge is -2.15. The SMILES string of the molecule is COCC(C)Oc1ccc(NC(=O)c2cccc(-c3ccc(OC(F)(F)F)cc3)c2C)cc1. The number of benzene rings is 3. The molecule has 0 aliphatic carbocycles. The molecule has 174 valence electrons. The highest BCUT2D eigenvalue weighted by Crippen LogP contribution is 2.30. The Balaban J connectivity index is 1.73. The van der Waals surface area contributed by atoms with Gasteiger partial charge in [0.05, 0.1) is 6.61 Å². The van der Waals surface area contributed by atoms with E-state index in [2.05, 4.69) is 10.1 Å². The van der Waals surface area contributed by atoms with E-state index in [-0.39, 0.29) is 17.8 Å². The van der Waals surface area contributed by atoms with E-state index >= 15 is 0 Å². The summed E-state index contributed by atoms with van der Waals surface area (Å²) in [4.78, 5) is 12.9. The van der Waals surface area contributed by atoms with Gasteiger partial charge in [-0.2, -0.15) is 0 Å². The molecule has 3 aromatic carbocycles. The molecule has 0 saturated carbocycles. The van der Waals surface area contributed by atoms with Gasteiger partial charge in [-0.3, -0.25) is 4.79 Å². The van der Waals surface area contributed by atoms with Gasteiger partial charge in [-0.25, -0.2) is 0 Å². The standard InChI is InChI=1S/C25H24F3NO4/c1-16(15-31-3)32-20-13-9-19(10-14-20)29-24(30)23-6-4-5-22(17(23)2)18-7-11-21(12-8-18)33-25(26,27)28/h4-14,16H,15H2,1-3H3,(H,29,30). The summed E-state index contributed by atoms with van der Waals surface area (Å²) in [7, 11) is 1.60. The topological polar surface area (TPSA) is 56.8 Å². The van der Waals surface area contributed by atoms with Crippen molar-refractivity contribution in [3.63, 3.8) is 0 Å². The van der Waals surface area contributed by atoms with Crippen LogP contribution >= 0.6 is 0 Å². The largest absolute Gasteiger partial charge is 0.573 e. The summed E-state index contributed by atoms with van der Waals surface area (Å²) in [5, 5.41) is 2.85. The molecule has 0 bridgehead atoms. The molecular formula is C25H24F3NO4. The summed E-state index contributed by atoms with van der Waals surface area (Å²) in [5.41, 5.74) is 3.16. The average Bonchev–Trinajstić information content (AvgIpc) is 2.75. The van der Waals surface area contributed by atoms with E-state index in [0.717, 1.165) is 5.56 Å². The Bertz CT molecular complexity index is 1080. The van der Waals surface area contributed by atoms with Gasteiger partial charge in [0.1, 0.15) is 17.6 Å². The van der Waals surface area contributed by atoms with Crippen LogP contribution in [0.3, 0.4) is 0 Å². The second kappa shape index (κ2) is 10.4. The lowest BCUT2D eigenvalue weighted by Crippen LogP contribution is -2.18. The lowest BCUT2D eigenvalue weighted by molar-refractivity contribution is -0.274. The number of nitrogens with one attached hydrogen (secondary N) is 1. The van der Waals surface area contributed by atoms with Crippen molar-refractivity contribution in [2.45, 2.75) is 26.3 Å². The number of hydrogen-bond acceptors (Lipinski definition) is 4. The smallest absolute Gasteiger partial charge is 0.488 e. The molecule has 0 fully saturated rings. The zero-order valence-corrected chi connectivity index (χ0v) is 18.4. The molecule has 3 aromatic rings. The quantitative estimate of drug-likeness (QED) is 0.434. The van der Waals surface area contributed by atoms with Crippen LogP contribution in [0.4, 0.5) is 18.9 Å². The first-order chi connectivity index (χ1) is 15.7. The van der Waals surface area contributed by atoms with E-state index in [1.165, 1.54) is 24.3 Å². The average molecular weight is 459 g/mol. The van der Waals surface area contributed by atoms with Gasteiger partial charge < -0.3 is 19.5 Å². The third-order valence-electron chi connectivity index (χ3n) is 4.83. The lowest BCUT2D eigenvalue weighted by atomic mass is 9.96. The van der Waals surface area contributed by atoms with E-state index < -0.39 is 6.36 Å². The number of halogens is 3. The molecular weight excluding hydrogens is 435 g/mol. The van der Waals surface area contributed by atoms with E-state index in [9.17, 15) is 18.0 Å². The van der Waals surface area contributed by atoms with Crippen molar-refractivity contribution in [2.24, 2.45) is 0 Å². The molecule has 3 rings (SSSR count). The zero-order chi connectivity index (χ0) is 24.0. The zero-order valence-electron chi connectivity index (χ0n) is 18.4. The molecule has 0 aliphatic heterocycles. The second-order valence-electron chi connectivity index (χ2n) is 7.41. The van der Waals surface area contributed by atoms with Crippen LogP contribution in [0.25, 0.3) is 11.1 Å². The number of carbonyl (C=O) groups excluding carboxylic acids is 1. The molecule has 0 aliphatic rings. The fourth-order valence-electron chi connectivity index (χ4n) is 3.35. The van der Waals surface area contributed by atoms with Crippen LogP contribution in [-0.4, -0.2) is 32.1 Å². The highest BCUT2D eigenvalue weighted by atomic mass is 19.4. The maximum Gasteiger partial charge on any atom is 0.573 e. The minimum absolute atomic E-state index is 0.102. The van der Waals surface area contributed by atoms with E-state index in [1.807, 2.05) is 6.92 Å². The fourth-order valence-corrected chi connectivity index (χ4v) is 3.35. The Morgan fingerprint density at radius 2 is 1.61 bits per heavy atom. The second-order valence-corrected chi connectivity index (χ2v) is 7.41. The van der Waals surface area contributed by atoms with Crippen LogP contribution in [0.15, 0.2) is 66.7 Å². The van der Waals surface area contributed by atoms with Gasteiger partial charge in [0.25, 0.3) is 5.91 Å². The van der Waals surface area contributed by atoms with Gasteiger partial charge in [0, 0.05) is 18.4 Å². The van der Waals surface area contributed by atoms with Crippen molar-refractivity contribution in [1.82, 2.24) is 0 Å². The Morgan fingerprint density at radius 1 is 0.970 bits per heavy atom. The van der Waals surface area contributed by atoms with Crippen molar-refractivity contribution in [3.8, 4) is 22.6 Å². The first-order valence-corrected chi connectivity index (χ1v) is 10.2. The molecule has 1 atom stereocenters. The summed E-state index contributed by atoms with van der Waals surface area (Å²) < 4.78 is 51.8. The Kier molecular flexibility index (Phi) is 7.60. The van der Waals surface area contributed by atoms with Gasteiger partial charge in [-0.05, 0) is 73.0 Å². The number of methoxy groups -OCH3 is 1. The van der Waals surface area contributed by atoms with Gasteiger partial charge in [0.15, 0.2) is 0 Å². The Labute approximate surface area is 190 Å². The van der Waals surface area contributed by atoms with Gasteiger partial charge in [0.2, 0.25) is 0 Å². The van der Waals surface area contributed by atoms with Crippen molar-refractivity contribution in [3.05, 3.63) is 77.9 Å². The van der Waals surface area contributed by atoms with Crippen LogP contribution in [0.1, 0.15) is 22.8 Å². The molecule has 0 saturated heterocycles. The summed E-state index contributed by atoms with van der Waals surface area (Å²) in [6.45, 7) is 4.15. The van der Waals surface area contributed by atoms with Crippen LogP contribution in [0.5, 0.6) is 11.5 Å². The minimum atomic E-state index is -4.75. The summed E-state index contributed by atoms with van der Waals surface area (Å²) in [6, 6.07) is 17.8. The first-order valence-electron chi connectivity index (χ1n) is 10.2. The number of amides is 1. The first kappa shape index (κ1) is 24.1. The number of carbonyl (C=O) groups is 1. The summed E-state index contributed by atoms with van der Waals surface area (Å²) in [5.74, 6) is 0.0586. The number of ether oxygens (including phenoxy) is 3. The van der Waals surface area contributed by atoms with E-state index in [0.29, 0.717) is 34.7 Å². The third kappa shape index (κ3) is 6.73. The summed E-state index contributed by atoms with van der Waals surface area (Å²) >= 11 is 0.